The molecule has 1 unspecified atom stereocenters. The molecule has 5 aliphatic rings. The number of ketones is 1. The van der Waals surface area contributed by atoms with Gasteiger partial charge in [0.05, 0.1) is 18.6 Å². The van der Waals surface area contributed by atoms with Gasteiger partial charge in [-0.2, -0.15) is 0 Å². The van der Waals surface area contributed by atoms with Crippen LogP contribution in [0.5, 0.6) is 0 Å². The number of allylic oxidation sites excluding steroid dienone is 2. The highest BCUT2D eigenvalue weighted by Crippen LogP contribution is 2.68. The lowest BCUT2D eigenvalue weighted by Crippen LogP contribution is -2.72. The Labute approximate surface area is 129 Å². The molecule has 112 valence electrons. The van der Waals surface area contributed by atoms with Crippen molar-refractivity contribution in [2.45, 2.75) is 22.1 Å². The molecule has 2 aliphatic carbocycles. The zero-order valence-electron chi connectivity index (χ0n) is 11.4. The Balaban J connectivity index is 1.90. The number of carbonyl (C=O) groups excluding carboxylic acids is 2. The minimum absolute atomic E-state index is 0.104. The Morgan fingerprint density at radius 3 is 2.90 bits per heavy atom. The number of Topliss-reactive ketones (excluding diaryl/α,β-unsaturated/α-hetero) is 1. The second-order valence-corrected chi connectivity index (χ2v) is 8.76. The van der Waals surface area contributed by atoms with Crippen molar-refractivity contribution < 1.29 is 19.8 Å². The Morgan fingerprint density at radius 2 is 2.19 bits per heavy atom. The third-order valence-electron chi connectivity index (χ3n) is 5.16. The van der Waals surface area contributed by atoms with Gasteiger partial charge in [-0.3, -0.25) is 9.59 Å². The summed E-state index contributed by atoms with van der Waals surface area (Å²) in [5.41, 5.74) is 0.967. The number of hydrogen-bond acceptors (Lipinski definition) is 6. The molecule has 0 aromatic heterocycles. The van der Waals surface area contributed by atoms with E-state index in [1.807, 2.05) is 6.08 Å². The van der Waals surface area contributed by atoms with Gasteiger partial charge >= 0.3 is 0 Å². The minimum Gasteiger partial charge on any atom is -0.392 e. The number of carbonyl (C=O) groups is 2. The highest BCUT2D eigenvalue weighted by Gasteiger charge is 2.74. The van der Waals surface area contributed by atoms with Crippen LogP contribution < -0.4 is 0 Å². The van der Waals surface area contributed by atoms with Crippen molar-refractivity contribution in [1.29, 1.82) is 0 Å². The fraction of sp³-hybridized carbons (Fsp3) is 0.571. The number of nitrogens with zero attached hydrogens (tertiary/aromatic N) is 1. The van der Waals surface area contributed by atoms with Gasteiger partial charge in [0, 0.05) is 13.0 Å². The first-order valence-electron chi connectivity index (χ1n) is 6.83. The summed E-state index contributed by atoms with van der Waals surface area (Å²) in [6, 6.07) is 0. The van der Waals surface area contributed by atoms with E-state index in [4.69, 9.17) is 0 Å². The summed E-state index contributed by atoms with van der Waals surface area (Å²) in [6.45, 7) is -0.393. The van der Waals surface area contributed by atoms with Crippen LogP contribution in [0, 0.1) is 11.8 Å². The van der Waals surface area contributed by atoms with Crippen LogP contribution in [0.3, 0.4) is 0 Å². The van der Waals surface area contributed by atoms with E-state index in [0.717, 1.165) is 5.57 Å². The molecule has 3 aliphatic heterocycles. The quantitative estimate of drug-likeness (QED) is 0.677. The maximum atomic E-state index is 13.0. The topological polar surface area (TPSA) is 77.8 Å². The Hall–Kier alpha value is -0.760. The van der Waals surface area contributed by atoms with Crippen molar-refractivity contribution in [2.75, 3.05) is 13.7 Å². The van der Waals surface area contributed by atoms with E-state index < -0.39 is 28.2 Å². The average Bonchev–Trinajstić information content (AvgIpc) is 2.83. The predicted octanol–water partition coefficient (Wildman–Crippen LogP) is 0.343. The summed E-state index contributed by atoms with van der Waals surface area (Å²) in [7, 11) is 4.28. The molecule has 7 heteroatoms. The first-order valence-corrected chi connectivity index (χ1v) is 8.98. The first kappa shape index (κ1) is 13.9. The van der Waals surface area contributed by atoms with E-state index >= 15 is 0 Å². The molecule has 4 fully saturated rings. The number of fused-ring (bicyclic) bond motifs is 3. The molecule has 3 saturated heterocycles. The molecule has 0 aromatic rings. The molecule has 2 bridgehead atoms. The largest absolute Gasteiger partial charge is 0.392 e. The van der Waals surface area contributed by atoms with Crippen molar-refractivity contribution in [2.24, 2.45) is 11.8 Å². The molecular formula is C14H15NO4S2. The molecule has 1 amide bonds. The molecule has 21 heavy (non-hydrogen) atoms. The first-order chi connectivity index (χ1) is 9.98. The molecular weight excluding hydrogens is 310 g/mol. The SMILES string of the molecule is CN1C(=O)[C@]23CC4=CC=C[C@H](O)[C@H]4C2C(=O)[C@]1(CO)SS3. The van der Waals surface area contributed by atoms with Crippen molar-refractivity contribution in [3.63, 3.8) is 0 Å². The van der Waals surface area contributed by atoms with Crippen LogP contribution in [0.4, 0.5) is 0 Å². The number of likely N-dealkylation sites (N-methyl/N-ethyl adjacent to an activating group) is 1. The van der Waals surface area contributed by atoms with Crippen molar-refractivity contribution in [3.05, 3.63) is 23.8 Å². The van der Waals surface area contributed by atoms with Gasteiger partial charge in [-0.05, 0) is 6.42 Å². The maximum Gasteiger partial charge on any atom is 0.242 e. The summed E-state index contributed by atoms with van der Waals surface area (Å²) >= 11 is 0. The van der Waals surface area contributed by atoms with E-state index in [1.54, 1.807) is 19.2 Å². The molecule has 5 rings (SSSR count). The van der Waals surface area contributed by atoms with Gasteiger partial charge in [0.15, 0.2) is 10.7 Å². The van der Waals surface area contributed by atoms with Gasteiger partial charge in [0.2, 0.25) is 5.91 Å². The molecule has 0 radical (unpaired) electrons. The van der Waals surface area contributed by atoms with Crippen LogP contribution in [0.1, 0.15) is 6.42 Å². The number of amides is 1. The van der Waals surface area contributed by atoms with Gasteiger partial charge in [0.1, 0.15) is 4.75 Å². The summed E-state index contributed by atoms with van der Waals surface area (Å²) in [4.78, 5) is 26.1. The summed E-state index contributed by atoms with van der Waals surface area (Å²) in [5.74, 6) is -1.11. The normalized spacial score (nSPS) is 47.5. The van der Waals surface area contributed by atoms with Crippen LogP contribution in [0.15, 0.2) is 23.8 Å². The zero-order chi connectivity index (χ0) is 15.0. The van der Waals surface area contributed by atoms with Crippen LogP contribution in [0.2, 0.25) is 0 Å². The van der Waals surface area contributed by atoms with Crippen molar-refractivity contribution >= 4 is 33.3 Å². The molecule has 1 spiro atoms. The Kier molecular flexibility index (Phi) is 2.75. The second kappa shape index (κ2) is 4.16. The van der Waals surface area contributed by atoms with Gasteiger partial charge in [-0.25, -0.2) is 0 Å². The smallest absolute Gasteiger partial charge is 0.242 e. The fourth-order valence-corrected chi connectivity index (χ4v) is 7.88. The number of piperidine rings is 1. The van der Waals surface area contributed by atoms with Gasteiger partial charge in [-0.1, -0.05) is 45.4 Å². The monoisotopic (exact) mass is 325 g/mol. The number of aliphatic hydroxyl groups is 2. The highest BCUT2D eigenvalue weighted by molar-refractivity contribution is 8.78. The summed E-state index contributed by atoms with van der Waals surface area (Å²) in [5, 5.41) is 20.1. The minimum atomic E-state index is -1.20. The molecule has 5 atom stereocenters. The number of hydrogen-bond donors (Lipinski definition) is 2. The summed E-state index contributed by atoms with van der Waals surface area (Å²) in [6.07, 6.45) is 5.12. The summed E-state index contributed by atoms with van der Waals surface area (Å²) < 4.78 is -0.822. The molecule has 2 N–H and O–H groups in total. The van der Waals surface area contributed by atoms with Crippen LogP contribution >= 0.6 is 21.6 Å². The lowest BCUT2D eigenvalue weighted by Gasteiger charge is -2.56. The molecule has 5 nitrogen and oxygen atoms in total. The van der Waals surface area contributed by atoms with Crippen molar-refractivity contribution in [3.8, 4) is 0 Å². The third kappa shape index (κ3) is 1.39. The lowest BCUT2D eigenvalue weighted by atomic mass is 9.74. The number of aliphatic hydroxyl groups excluding tert-OH is 2. The van der Waals surface area contributed by atoms with E-state index in [1.165, 1.54) is 26.5 Å². The van der Waals surface area contributed by atoms with E-state index in [2.05, 4.69) is 0 Å². The predicted molar refractivity (Wildman–Crippen MR) is 80.3 cm³/mol. The Morgan fingerprint density at radius 1 is 1.43 bits per heavy atom. The number of rotatable bonds is 1. The fourth-order valence-electron chi connectivity index (χ4n) is 4.04. The molecule has 3 heterocycles. The van der Waals surface area contributed by atoms with E-state index in [0.29, 0.717) is 6.42 Å². The van der Waals surface area contributed by atoms with Crippen LogP contribution in [-0.4, -0.2) is 56.2 Å². The Bertz CT molecular complexity index is 618. The maximum absolute atomic E-state index is 13.0. The van der Waals surface area contributed by atoms with E-state index in [-0.39, 0.29) is 17.6 Å². The van der Waals surface area contributed by atoms with Gasteiger partial charge in [-0.15, -0.1) is 0 Å². The van der Waals surface area contributed by atoms with Crippen LogP contribution in [-0.2, 0) is 9.59 Å². The molecule has 1 saturated carbocycles. The highest BCUT2D eigenvalue weighted by atomic mass is 33.1. The third-order valence-corrected chi connectivity index (χ3v) is 8.96. The average molecular weight is 325 g/mol. The van der Waals surface area contributed by atoms with Gasteiger partial charge in [0.25, 0.3) is 0 Å². The van der Waals surface area contributed by atoms with Crippen LogP contribution in [0.25, 0.3) is 0 Å². The second-order valence-electron chi connectivity index (χ2n) is 6.02. The lowest BCUT2D eigenvalue weighted by molar-refractivity contribution is -0.155. The standard InChI is InChI=1S/C14H15NO4S2/c1-15-12(19)13-5-7-3-2-4-8(17)9(7)10(13)11(18)14(15,6-16)21-20-13/h2-4,8-10,16-17H,5-6H2,1H3/t8-,9-,10?,13-,14-/m0/s1. The van der Waals surface area contributed by atoms with Crippen molar-refractivity contribution in [1.82, 2.24) is 4.90 Å². The van der Waals surface area contributed by atoms with Gasteiger partial charge < -0.3 is 15.1 Å². The molecule has 0 aromatic carbocycles. The zero-order valence-corrected chi connectivity index (χ0v) is 13.0. The van der Waals surface area contributed by atoms with E-state index in [9.17, 15) is 19.8 Å².